The molecule has 2 aromatic rings. The molecular formula is C20H21F3N2O2. The normalized spacial score (nSPS) is 15.5. The van der Waals surface area contributed by atoms with E-state index in [9.17, 15) is 18.0 Å². The number of nitrogens with one attached hydrogen (secondary N) is 1. The average Bonchev–Trinajstić information content (AvgIpc) is 2.68. The van der Waals surface area contributed by atoms with Gasteiger partial charge >= 0.3 is 6.18 Å². The summed E-state index contributed by atoms with van der Waals surface area (Å²) in [5, 5.41) is 2.88. The molecule has 0 saturated carbocycles. The van der Waals surface area contributed by atoms with Gasteiger partial charge in [-0.25, -0.2) is 0 Å². The Balaban J connectivity index is 1.55. The molecule has 1 aliphatic heterocycles. The van der Waals surface area contributed by atoms with Crippen molar-refractivity contribution in [2.45, 2.75) is 6.18 Å². The molecule has 1 heterocycles. The molecule has 0 aromatic heterocycles. The third kappa shape index (κ3) is 5.30. The van der Waals surface area contributed by atoms with Crippen molar-refractivity contribution in [1.82, 2.24) is 10.2 Å². The summed E-state index contributed by atoms with van der Waals surface area (Å²) in [6.45, 7) is 4.52. The van der Waals surface area contributed by atoms with Crippen LogP contribution in [0.3, 0.4) is 0 Å². The van der Waals surface area contributed by atoms with Crippen molar-refractivity contribution < 1.29 is 22.7 Å². The molecule has 27 heavy (non-hydrogen) atoms. The molecule has 1 fully saturated rings. The summed E-state index contributed by atoms with van der Waals surface area (Å²) in [6, 6.07) is 11.8. The van der Waals surface area contributed by atoms with Gasteiger partial charge in [0, 0.05) is 31.7 Å². The second kappa shape index (κ2) is 8.54. The van der Waals surface area contributed by atoms with E-state index in [0.29, 0.717) is 17.7 Å². The molecule has 1 N–H and O–H groups in total. The van der Waals surface area contributed by atoms with Crippen LogP contribution in [-0.4, -0.2) is 50.2 Å². The van der Waals surface area contributed by atoms with Gasteiger partial charge in [-0.1, -0.05) is 24.3 Å². The summed E-state index contributed by atoms with van der Waals surface area (Å²) in [7, 11) is 0. The monoisotopic (exact) mass is 378 g/mol. The van der Waals surface area contributed by atoms with Crippen molar-refractivity contribution in [3.63, 3.8) is 0 Å². The largest absolute Gasteiger partial charge is 0.416 e. The lowest BCUT2D eigenvalue weighted by molar-refractivity contribution is -0.137. The zero-order valence-corrected chi connectivity index (χ0v) is 14.8. The minimum atomic E-state index is -4.35. The first-order valence-electron chi connectivity index (χ1n) is 8.79. The highest BCUT2D eigenvalue weighted by Crippen LogP contribution is 2.31. The molecule has 1 amide bonds. The number of halogens is 3. The van der Waals surface area contributed by atoms with Gasteiger partial charge in [-0.15, -0.1) is 0 Å². The third-order valence-corrected chi connectivity index (χ3v) is 4.51. The number of benzene rings is 2. The van der Waals surface area contributed by atoms with Gasteiger partial charge in [-0.2, -0.15) is 13.2 Å². The number of carbonyl (C=O) groups excluding carboxylic acids is 1. The minimum Gasteiger partial charge on any atom is -0.379 e. The Morgan fingerprint density at radius 2 is 1.52 bits per heavy atom. The van der Waals surface area contributed by atoms with Crippen LogP contribution in [-0.2, 0) is 10.9 Å². The van der Waals surface area contributed by atoms with Crippen molar-refractivity contribution >= 4 is 5.91 Å². The van der Waals surface area contributed by atoms with Crippen LogP contribution in [0, 0.1) is 0 Å². The van der Waals surface area contributed by atoms with Gasteiger partial charge < -0.3 is 10.1 Å². The summed E-state index contributed by atoms with van der Waals surface area (Å²) >= 11 is 0. The zero-order chi connectivity index (χ0) is 19.3. The molecule has 4 nitrogen and oxygen atoms in total. The topological polar surface area (TPSA) is 41.6 Å². The molecule has 144 valence electrons. The maximum Gasteiger partial charge on any atom is 0.416 e. The Bertz CT molecular complexity index is 752. The lowest BCUT2D eigenvalue weighted by atomic mass is 10.0. The van der Waals surface area contributed by atoms with E-state index in [4.69, 9.17) is 4.74 Å². The number of morpholine rings is 1. The quantitative estimate of drug-likeness (QED) is 0.867. The van der Waals surface area contributed by atoms with E-state index in [2.05, 4.69) is 10.2 Å². The van der Waals surface area contributed by atoms with Gasteiger partial charge in [0.1, 0.15) is 0 Å². The Kier molecular flexibility index (Phi) is 6.13. The molecule has 7 heteroatoms. The SMILES string of the molecule is O=C(NCCN1CCOCC1)c1ccc(-c2ccc(C(F)(F)F)cc2)cc1. The maximum atomic E-state index is 12.6. The van der Waals surface area contributed by atoms with Crippen LogP contribution >= 0.6 is 0 Å². The molecule has 0 aliphatic carbocycles. The van der Waals surface area contributed by atoms with Crippen LogP contribution < -0.4 is 5.32 Å². The summed E-state index contributed by atoms with van der Waals surface area (Å²) in [5.74, 6) is -0.165. The zero-order valence-electron chi connectivity index (χ0n) is 14.8. The molecular weight excluding hydrogens is 357 g/mol. The molecule has 0 unspecified atom stereocenters. The van der Waals surface area contributed by atoms with E-state index in [0.717, 1.165) is 50.5 Å². The van der Waals surface area contributed by atoms with Gasteiger partial charge in [0.25, 0.3) is 5.91 Å². The summed E-state index contributed by atoms with van der Waals surface area (Å²) in [5.41, 5.74) is 1.27. The molecule has 2 aromatic carbocycles. The fourth-order valence-corrected chi connectivity index (χ4v) is 2.92. The average molecular weight is 378 g/mol. The van der Waals surface area contributed by atoms with Gasteiger partial charge in [-0.05, 0) is 35.4 Å². The van der Waals surface area contributed by atoms with E-state index in [1.807, 2.05) is 0 Å². The van der Waals surface area contributed by atoms with E-state index in [1.165, 1.54) is 12.1 Å². The fraction of sp³-hybridized carbons (Fsp3) is 0.350. The number of nitrogens with zero attached hydrogens (tertiary/aromatic N) is 1. The number of hydrogen-bond acceptors (Lipinski definition) is 3. The first-order valence-corrected chi connectivity index (χ1v) is 8.79. The number of hydrogen-bond donors (Lipinski definition) is 1. The first kappa shape index (κ1) is 19.4. The second-order valence-corrected chi connectivity index (χ2v) is 6.36. The molecule has 3 rings (SSSR count). The summed E-state index contributed by atoms with van der Waals surface area (Å²) in [4.78, 5) is 14.4. The summed E-state index contributed by atoms with van der Waals surface area (Å²) < 4.78 is 43.2. The number of carbonyl (C=O) groups is 1. The number of alkyl halides is 3. The van der Waals surface area contributed by atoms with Crippen molar-refractivity contribution in [3.8, 4) is 11.1 Å². The summed E-state index contributed by atoms with van der Waals surface area (Å²) in [6.07, 6.45) is -4.35. The molecule has 0 atom stereocenters. The lowest BCUT2D eigenvalue weighted by Gasteiger charge is -2.26. The Labute approximate surface area is 155 Å². The molecule has 1 saturated heterocycles. The van der Waals surface area contributed by atoms with E-state index >= 15 is 0 Å². The highest BCUT2D eigenvalue weighted by Gasteiger charge is 2.29. The number of rotatable bonds is 5. The van der Waals surface area contributed by atoms with Crippen molar-refractivity contribution in [3.05, 3.63) is 59.7 Å². The van der Waals surface area contributed by atoms with Gasteiger partial charge in [-0.3, -0.25) is 9.69 Å². The molecule has 0 radical (unpaired) electrons. The predicted octanol–water partition coefficient (Wildman–Crippen LogP) is 3.43. The van der Waals surface area contributed by atoms with E-state index in [-0.39, 0.29) is 5.91 Å². The standard InChI is InChI=1S/C20H21F3N2O2/c21-20(22,23)18-7-5-16(6-8-18)15-1-3-17(4-2-15)19(26)24-9-10-25-11-13-27-14-12-25/h1-8H,9-14H2,(H,24,26). The molecule has 1 aliphatic rings. The highest BCUT2D eigenvalue weighted by atomic mass is 19.4. The van der Waals surface area contributed by atoms with E-state index in [1.54, 1.807) is 24.3 Å². The number of ether oxygens (including phenoxy) is 1. The maximum absolute atomic E-state index is 12.6. The Morgan fingerprint density at radius 1 is 0.963 bits per heavy atom. The second-order valence-electron chi connectivity index (χ2n) is 6.36. The molecule has 0 bridgehead atoms. The van der Waals surface area contributed by atoms with Crippen molar-refractivity contribution in [2.24, 2.45) is 0 Å². The Morgan fingerprint density at radius 3 is 2.07 bits per heavy atom. The van der Waals surface area contributed by atoms with Gasteiger partial charge in [0.05, 0.1) is 18.8 Å². The third-order valence-electron chi connectivity index (χ3n) is 4.51. The van der Waals surface area contributed by atoms with Crippen LogP contribution in [0.5, 0.6) is 0 Å². The highest BCUT2D eigenvalue weighted by molar-refractivity contribution is 5.94. The van der Waals surface area contributed by atoms with Gasteiger partial charge in [0.2, 0.25) is 0 Å². The van der Waals surface area contributed by atoms with E-state index < -0.39 is 11.7 Å². The van der Waals surface area contributed by atoms with Crippen LogP contribution in [0.1, 0.15) is 15.9 Å². The van der Waals surface area contributed by atoms with Crippen molar-refractivity contribution in [1.29, 1.82) is 0 Å². The smallest absolute Gasteiger partial charge is 0.379 e. The first-order chi connectivity index (χ1) is 12.9. The minimum absolute atomic E-state index is 0.165. The molecule has 0 spiro atoms. The van der Waals surface area contributed by atoms with Gasteiger partial charge in [0.15, 0.2) is 0 Å². The Hall–Kier alpha value is -2.38. The number of amides is 1. The lowest BCUT2D eigenvalue weighted by Crippen LogP contribution is -2.41. The van der Waals surface area contributed by atoms with Crippen LogP contribution in [0.15, 0.2) is 48.5 Å². The van der Waals surface area contributed by atoms with Crippen LogP contribution in [0.4, 0.5) is 13.2 Å². The van der Waals surface area contributed by atoms with Crippen molar-refractivity contribution in [2.75, 3.05) is 39.4 Å². The fourth-order valence-electron chi connectivity index (χ4n) is 2.92. The predicted molar refractivity (Wildman–Crippen MR) is 96.5 cm³/mol. The van der Waals surface area contributed by atoms with Crippen LogP contribution in [0.25, 0.3) is 11.1 Å². The van der Waals surface area contributed by atoms with Crippen LogP contribution in [0.2, 0.25) is 0 Å².